The van der Waals surface area contributed by atoms with Crippen molar-refractivity contribution in [3.8, 4) is 17.2 Å². The number of imidazole rings is 1. The van der Waals surface area contributed by atoms with E-state index in [-0.39, 0.29) is 17.5 Å². The van der Waals surface area contributed by atoms with Crippen molar-refractivity contribution in [2.24, 2.45) is 0 Å². The molecule has 0 aliphatic heterocycles. The topological polar surface area (TPSA) is 36.3 Å². The first-order chi connectivity index (χ1) is 17.9. The fourth-order valence-corrected chi connectivity index (χ4v) is 6.34. The summed E-state index contributed by atoms with van der Waals surface area (Å²) in [5, 5.41) is 1.58. The van der Waals surface area contributed by atoms with E-state index in [2.05, 4.69) is 0 Å². The van der Waals surface area contributed by atoms with Crippen molar-refractivity contribution in [2.75, 3.05) is 14.2 Å². The molecule has 3 aromatic carbocycles. The van der Waals surface area contributed by atoms with Crippen molar-refractivity contribution in [3.63, 3.8) is 0 Å². The minimum Gasteiger partial charge on any atom is -0.495 e. The molecule has 37 heavy (non-hydrogen) atoms. The second kappa shape index (κ2) is 10.9. The molecule has 0 radical (unpaired) electrons. The molecule has 9 heteroatoms. The number of rotatable bonds is 7. The van der Waals surface area contributed by atoms with E-state index in [4.69, 9.17) is 37.7 Å². The molecular formula is C28H24Cl2F2N2O2S. The third-order valence-corrected chi connectivity index (χ3v) is 8.20. The molecule has 1 aliphatic rings. The van der Waals surface area contributed by atoms with Crippen LogP contribution in [0.1, 0.15) is 41.3 Å². The van der Waals surface area contributed by atoms with Crippen LogP contribution in [0.4, 0.5) is 8.78 Å². The SMILES string of the molecule is COc1cc(-n2c(SCc3c(F)cccc3Cl)nc3c2C(c2ccc(Cl)c(OC)c2)CCC3)ccc1F. The number of thioether (sulfide) groups is 1. The van der Waals surface area contributed by atoms with E-state index in [0.29, 0.717) is 38.0 Å². The average Bonchev–Trinajstić information content (AvgIpc) is 3.27. The van der Waals surface area contributed by atoms with Crippen LogP contribution in [0.15, 0.2) is 59.8 Å². The highest BCUT2D eigenvalue weighted by atomic mass is 35.5. The molecule has 1 heterocycles. The largest absolute Gasteiger partial charge is 0.495 e. The fraction of sp³-hybridized carbons (Fsp3) is 0.250. The van der Waals surface area contributed by atoms with Crippen molar-refractivity contribution >= 4 is 35.0 Å². The maximum absolute atomic E-state index is 14.5. The smallest absolute Gasteiger partial charge is 0.173 e. The molecule has 0 saturated heterocycles. The van der Waals surface area contributed by atoms with Gasteiger partial charge in [-0.25, -0.2) is 13.8 Å². The normalized spacial score (nSPS) is 14.9. The van der Waals surface area contributed by atoms with Crippen LogP contribution in [0.2, 0.25) is 10.0 Å². The number of aryl methyl sites for hydroxylation is 1. The van der Waals surface area contributed by atoms with Gasteiger partial charge in [0.1, 0.15) is 11.6 Å². The van der Waals surface area contributed by atoms with Gasteiger partial charge < -0.3 is 9.47 Å². The number of fused-ring (bicyclic) bond motifs is 1. The monoisotopic (exact) mass is 560 g/mol. The lowest BCUT2D eigenvalue weighted by Gasteiger charge is -2.26. The first-order valence-electron chi connectivity index (χ1n) is 11.8. The Hall–Kier alpha value is -2.74. The van der Waals surface area contributed by atoms with Gasteiger partial charge >= 0.3 is 0 Å². The van der Waals surface area contributed by atoms with Gasteiger partial charge in [-0.1, -0.05) is 47.1 Å². The summed E-state index contributed by atoms with van der Waals surface area (Å²) >= 11 is 14.0. The van der Waals surface area contributed by atoms with Gasteiger partial charge in [0.05, 0.1) is 36.3 Å². The van der Waals surface area contributed by atoms with Crippen LogP contribution in [0, 0.1) is 11.6 Å². The first-order valence-corrected chi connectivity index (χ1v) is 13.5. The van der Waals surface area contributed by atoms with Gasteiger partial charge in [0.15, 0.2) is 16.7 Å². The minimum atomic E-state index is -0.452. The molecule has 0 amide bonds. The summed E-state index contributed by atoms with van der Waals surface area (Å²) < 4.78 is 41.6. The van der Waals surface area contributed by atoms with Crippen LogP contribution in [-0.2, 0) is 12.2 Å². The van der Waals surface area contributed by atoms with Crippen molar-refractivity contribution in [1.82, 2.24) is 9.55 Å². The van der Waals surface area contributed by atoms with E-state index in [0.717, 1.165) is 36.2 Å². The molecular weight excluding hydrogens is 537 g/mol. The molecule has 4 aromatic rings. The standard InChI is InChI=1S/C28H24Cl2F2N2O2S/c1-35-25-13-16(9-11-21(25)30)18-5-3-8-24-27(18)34(17-10-12-23(32)26(14-17)36-2)28(33-24)37-15-19-20(29)6-4-7-22(19)31/h4,6-7,9-14,18H,3,5,8,15H2,1-2H3. The Morgan fingerprint density at radius 3 is 2.54 bits per heavy atom. The maximum atomic E-state index is 14.5. The summed E-state index contributed by atoms with van der Waals surface area (Å²) in [6.45, 7) is 0. The number of nitrogens with zero attached hydrogens (tertiary/aromatic N) is 2. The van der Waals surface area contributed by atoms with Crippen molar-refractivity contribution in [1.29, 1.82) is 0 Å². The van der Waals surface area contributed by atoms with E-state index < -0.39 is 5.82 Å². The minimum absolute atomic E-state index is 0.00450. The van der Waals surface area contributed by atoms with E-state index >= 15 is 0 Å². The maximum Gasteiger partial charge on any atom is 0.173 e. The Balaban J connectivity index is 1.65. The molecule has 1 aliphatic carbocycles. The van der Waals surface area contributed by atoms with Crippen LogP contribution >= 0.6 is 35.0 Å². The summed E-state index contributed by atoms with van der Waals surface area (Å²) in [5.41, 5.74) is 4.13. The molecule has 4 nitrogen and oxygen atoms in total. The summed E-state index contributed by atoms with van der Waals surface area (Å²) in [6.07, 6.45) is 2.65. The van der Waals surface area contributed by atoms with Crippen LogP contribution in [-0.4, -0.2) is 23.8 Å². The highest BCUT2D eigenvalue weighted by Gasteiger charge is 2.31. The molecule has 1 aromatic heterocycles. The van der Waals surface area contributed by atoms with Crippen molar-refractivity contribution in [2.45, 2.75) is 36.1 Å². The highest BCUT2D eigenvalue weighted by molar-refractivity contribution is 7.98. The number of hydrogen-bond donors (Lipinski definition) is 0. The van der Waals surface area contributed by atoms with Crippen LogP contribution in [0.25, 0.3) is 5.69 Å². The van der Waals surface area contributed by atoms with Crippen molar-refractivity contribution in [3.05, 3.63) is 98.8 Å². The lowest BCUT2D eigenvalue weighted by molar-refractivity contribution is 0.386. The summed E-state index contributed by atoms with van der Waals surface area (Å²) in [4.78, 5) is 4.98. The number of aromatic nitrogens is 2. The zero-order valence-electron chi connectivity index (χ0n) is 20.2. The predicted molar refractivity (Wildman–Crippen MR) is 144 cm³/mol. The molecule has 0 bridgehead atoms. The Bertz CT molecular complexity index is 1440. The zero-order chi connectivity index (χ0) is 26.1. The molecule has 0 N–H and O–H groups in total. The molecule has 1 unspecified atom stereocenters. The lowest BCUT2D eigenvalue weighted by Crippen LogP contribution is -2.15. The molecule has 0 saturated carbocycles. The van der Waals surface area contributed by atoms with Crippen LogP contribution < -0.4 is 9.47 Å². The Morgan fingerprint density at radius 2 is 1.78 bits per heavy atom. The number of halogens is 4. The second-order valence-corrected chi connectivity index (χ2v) is 10.5. The summed E-state index contributed by atoms with van der Waals surface area (Å²) in [7, 11) is 3.03. The van der Waals surface area contributed by atoms with Gasteiger partial charge in [-0.05, 0) is 61.2 Å². The van der Waals surface area contributed by atoms with Crippen LogP contribution in [0.3, 0.4) is 0 Å². The van der Waals surface area contributed by atoms with E-state index in [1.165, 1.54) is 31.0 Å². The molecule has 5 rings (SSSR count). The molecule has 0 fully saturated rings. The van der Waals surface area contributed by atoms with Gasteiger partial charge in [-0.2, -0.15) is 0 Å². The second-order valence-electron chi connectivity index (χ2n) is 8.71. The van der Waals surface area contributed by atoms with Gasteiger partial charge in [0.25, 0.3) is 0 Å². The van der Waals surface area contributed by atoms with Gasteiger partial charge in [-0.15, -0.1) is 0 Å². The number of ether oxygens (including phenoxy) is 2. The quantitative estimate of drug-likeness (QED) is 0.213. The predicted octanol–water partition coefficient (Wildman–Crippen LogP) is 8.24. The summed E-state index contributed by atoms with van der Waals surface area (Å²) in [6, 6.07) is 15.2. The van der Waals surface area contributed by atoms with E-state index in [1.807, 2.05) is 22.8 Å². The first kappa shape index (κ1) is 25.9. The van der Waals surface area contributed by atoms with Crippen LogP contribution in [0.5, 0.6) is 11.5 Å². The van der Waals surface area contributed by atoms with Gasteiger partial charge in [0, 0.05) is 28.3 Å². The van der Waals surface area contributed by atoms with Gasteiger partial charge in [0.2, 0.25) is 0 Å². The van der Waals surface area contributed by atoms with E-state index in [1.54, 1.807) is 31.4 Å². The third-order valence-electron chi connectivity index (χ3n) is 6.57. The highest BCUT2D eigenvalue weighted by Crippen LogP contribution is 2.43. The molecule has 1 atom stereocenters. The fourth-order valence-electron chi connectivity index (χ4n) is 4.76. The van der Waals surface area contributed by atoms with E-state index in [9.17, 15) is 8.78 Å². The Labute approximate surface area is 228 Å². The number of hydrogen-bond acceptors (Lipinski definition) is 4. The van der Waals surface area contributed by atoms with Gasteiger partial charge in [-0.3, -0.25) is 4.57 Å². The lowest BCUT2D eigenvalue weighted by atomic mass is 9.84. The molecule has 192 valence electrons. The van der Waals surface area contributed by atoms with Crippen molar-refractivity contribution < 1.29 is 18.3 Å². The third kappa shape index (κ3) is 5.05. The zero-order valence-corrected chi connectivity index (χ0v) is 22.6. The Morgan fingerprint density at radius 1 is 0.973 bits per heavy atom. The number of methoxy groups -OCH3 is 2. The Kier molecular flexibility index (Phi) is 7.65. The molecule has 0 spiro atoms. The average molecular weight is 561 g/mol. The summed E-state index contributed by atoms with van der Waals surface area (Å²) in [5.74, 6) is 0.214. The number of benzene rings is 3.